The van der Waals surface area contributed by atoms with Crippen LogP contribution in [0, 0.1) is 5.92 Å². The summed E-state index contributed by atoms with van der Waals surface area (Å²) in [5.74, 6) is -0.210. The fourth-order valence-corrected chi connectivity index (χ4v) is 3.07. The molecule has 1 atom stereocenters. The molecule has 1 N–H and O–H groups in total. The van der Waals surface area contributed by atoms with Gasteiger partial charge in [-0.05, 0) is 25.2 Å². The topological polar surface area (TPSA) is 64.1 Å². The van der Waals surface area contributed by atoms with Crippen molar-refractivity contribution in [2.45, 2.75) is 26.2 Å². The van der Waals surface area contributed by atoms with Crippen LogP contribution in [0.1, 0.15) is 26.2 Å². The van der Waals surface area contributed by atoms with Gasteiger partial charge in [-0.25, -0.2) is 4.79 Å². The zero-order chi connectivity index (χ0) is 14.5. The predicted octanol–water partition coefficient (Wildman–Crippen LogP) is 0.931. The van der Waals surface area contributed by atoms with Crippen LogP contribution in [-0.2, 0) is 4.79 Å². The lowest BCUT2D eigenvalue weighted by Gasteiger charge is -2.35. The Morgan fingerprint density at radius 3 is 2.50 bits per heavy atom. The number of hydrogen-bond donors (Lipinski definition) is 1. The maximum atomic E-state index is 12.5. The Hall–Kier alpha value is -1.30. The van der Waals surface area contributed by atoms with Gasteiger partial charge in [-0.1, -0.05) is 6.92 Å². The first-order valence-corrected chi connectivity index (χ1v) is 7.54. The average molecular weight is 283 g/mol. The zero-order valence-corrected chi connectivity index (χ0v) is 12.3. The minimum atomic E-state index is -0.797. The fraction of sp³-hybridized carbons (Fsp3) is 0.857. The van der Waals surface area contributed by atoms with Gasteiger partial charge < -0.3 is 14.9 Å². The van der Waals surface area contributed by atoms with Gasteiger partial charge in [-0.2, -0.15) is 0 Å². The highest BCUT2D eigenvalue weighted by atomic mass is 16.4. The molecule has 6 nitrogen and oxygen atoms in total. The zero-order valence-electron chi connectivity index (χ0n) is 12.3. The Kier molecular flexibility index (Phi) is 5.23. The van der Waals surface area contributed by atoms with Crippen molar-refractivity contribution in [3.8, 4) is 0 Å². The van der Waals surface area contributed by atoms with Gasteiger partial charge in [0, 0.05) is 39.3 Å². The van der Waals surface area contributed by atoms with E-state index in [9.17, 15) is 9.59 Å². The molecule has 0 aromatic heterocycles. The van der Waals surface area contributed by atoms with Gasteiger partial charge in [0.2, 0.25) is 0 Å². The minimum Gasteiger partial charge on any atom is -0.480 e. The number of aliphatic carboxylic acids is 1. The average Bonchev–Trinajstić information content (AvgIpc) is 2.63. The molecule has 0 saturated carbocycles. The van der Waals surface area contributed by atoms with Gasteiger partial charge in [0.05, 0.1) is 6.54 Å². The van der Waals surface area contributed by atoms with Crippen molar-refractivity contribution in [1.82, 2.24) is 14.7 Å². The van der Waals surface area contributed by atoms with Crippen molar-refractivity contribution in [3.63, 3.8) is 0 Å². The molecule has 20 heavy (non-hydrogen) atoms. The first-order valence-electron chi connectivity index (χ1n) is 7.54. The van der Waals surface area contributed by atoms with Gasteiger partial charge >= 0.3 is 12.0 Å². The molecule has 2 fully saturated rings. The third-order valence-corrected chi connectivity index (χ3v) is 4.15. The number of likely N-dealkylation sites (tertiary alicyclic amines) is 1. The van der Waals surface area contributed by atoms with Gasteiger partial charge in [0.1, 0.15) is 0 Å². The number of piperidine rings is 1. The second-order valence-corrected chi connectivity index (χ2v) is 5.99. The van der Waals surface area contributed by atoms with Crippen LogP contribution in [0.15, 0.2) is 0 Å². The van der Waals surface area contributed by atoms with E-state index in [2.05, 4.69) is 6.92 Å². The van der Waals surface area contributed by atoms with E-state index in [-0.39, 0.29) is 12.6 Å². The number of carbonyl (C=O) groups excluding carboxylic acids is 1. The van der Waals surface area contributed by atoms with Crippen LogP contribution in [0.2, 0.25) is 0 Å². The summed E-state index contributed by atoms with van der Waals surface area (Å²) in [7, 11) is 0. The predicted molar refractivity (Wildman–Crippen MR) is 75.6 cm³/mol. The minimum absolute atomic E-state index is 0.0722. The number of rotatable bonds is 2. The quantitative estimate of drug-likeness (QED) is 0.819. The maximum absolute atomic E-state index is 12.5. The normalized spacial score (nSPS) is 25.4. The van der Waals surface area contributed by atoms with E-state index in [0.717, 1.165) is 39.0 Å². The van der Waals surface area contributed by atoms with Crippen molar-refractivity contribution < 1.29 is 14.7 Å². The summed E-state index contributed by atoms with van der Waals surface area (Å²) >= 11 is 0. The van der Waals surface area contributed by atoms with Gasteiger partial charge in [0.25, 0.3) is 0 Å². The van der Waals surface area contributed by atoms with Gasteiger partial charge in [-0.3, -0.25) is 9.69 Å². The number of nitrogens with zero attached hydrogens (tertiary/aromatic N) is 3. The Bertz CT molecular complexity index is 362. The van der Waals surface area contributed by atoms with Crippen LogP contribution in [0.5, 0.6) is 0 Å². The summed E-state index contributed by atoms with van der Waals surface area (Å²) in [5, 5.41) is 8.84. The summed E-state index contributed by atoms with van der Waals surface area (Å²) in [4.78, 5) is 29.0. The van der Waals surface area contributed by atoms with E-state index in [4.69, 9.17) is 5.11 Å². The van der Waals surface area contributed by atoms with E-state index in [1.807, 2.05) is 14.7 Å². The van der Waals surface area contributed by atoms with E-state index in [1.165, 1.54) is 6.42 Å². The van der Waals surface area contributed by atoms with Crippen molar-refractivity contribution >= 4 is 12.0 Å². The van der Waals surface area contributed by atoms with Gasteiger partial charge in [-0.15, -0.1) is 0 Å². The summed E-state index contributed by atoms with van der Waals surface area (Å²) in [6, 6.07) is 0.133. The van der Waals surface area contributed by atoms with Crippen LogP contribution in [-0.4, -0.2) is 77.6 Å². The molecule has 0 aromatic carbocycles. The Morgan fingerprint density at radius 2 is 1.80 bits per heavy atom. The first kappa shape index (κ1) is 15.1. The van der Waals surface area contributed by atoms with Gasteiger partial charge in [0.15, 0.2) is 0 Å². The highest BCUT2D eigenvalue weighted by molar-refractivity contribution is 5.74. The second-order valence-electron chi connectivity index (χ2n) is 5.99. The summed E-state index contributed by atoms with van der Waals surface area (Å²) in [6.45, 7) is 6.76. The fourth-order valence-electron chi connectivity index (χ4n) is 3.07. The molecule has 6 heteroatoms. The van der Waals surface area contributed by atoms with Crippen LogP contribution >= 0.6 is 0 Å². The molecule has 2 heterocycles. The summed E-state index contributed by atoms with van der Waals surface area (Å²) < 4.78 is 0. The lowest BCUT2D eigenvalue weighted by Crippen LogP contribution is -2.48. The Labute approximate surface area is 120 Å². The number of amides is 2. The lowest BCUT2D eigenvalue weighted by atomic mass is 10.0. The molecule has 0 aliphatic carbocycles. The van der Waals surface area contributed by atoms with Crippen molar-refractivity contribution in [1.29, 1.82) is 0 Å². The van der Waals surface area contributed by atoms with E-state index < -0.39 is 5.97 Å². The second kappa shape index (κ2) is 6.92. The Balaban J connectivity index is 1.86. The van der Waals surface area contributed by atoms with Crippen LogP contribution < -0.4 is 0 Å². The molecule has 0 radical (unpaired) electrons. The number of carboxylic acid groups (broad SMARTS) is 1. The van der Waals surface area contributed by atoms with Crippen LogP contribution in [0.3, 0.4) is 0 Å². The molecule has 2 amide bonds. The highest BCUT2D eigenvalue weighted by Gasteiger charge is 2.27. The van der Waals surface area contributed by atoms with E-state index in [0.29, 0.717) is 19.0 Å². The highest BCUT2D eigenvalue weighted by Crippen LogP contribution is 2.17. The van der Waals surface area contributed by atoms with Crippen molar-refractivity contribution in [3.05, 3.63) is 0 Å². The number of urea groups is 1. The number of carboxylic acids is 1. The van der Waals surface area contributed by atoms with Crippen molar-refractivity contribution in [2.75, 3.05) is 45.8 Å². The number of hydrogen-bond acceptors (Lipinski definition) is 3. The Morgan fingerprint density at radius 1 is 1.05 bits per heavy atom. The smallest absolute Gasteiger partial charge is 0.320 e. The standard InChI is InChI=1S/C14H25N3O3/c1-12-4-2-6-17(10-12)14(20)16-7-3-5-15(8-9-16)11-13(18)19/h12H,2-11H2,1H3,(H,18,19). The van der Waals surface area contributed by atoms with Crippen molar-refractivity contribution in [2.24, 2.45) is 5.92 Å². The molecule has 0 aromatic rings. The molecule has 1 unspecified atom stereocenters. The largest absolute Gasteiger partial charge is 0.480 e. The third-order valence-electron chi connectivity index (χ3n) is 4.15. The van der Waals surface area contributed by atoms with E-state index >= 15 is 0 Å². The first-order chi connectivity index (χ1) is 9.56. The molecule has 114 valence electrons. The molecule has 2 saturated heterocycles. The third kappa shape index (κ3) is 4.10. The SMILES string of the molecule is CC1CCCN(C(=O)N2CCCN(CC(=O)O)CC2)C1. The molecule has 2 aliphatic heterocycles. The van der Waals surface area contributed by atoms with Crippen LogP contribution in [0.4, 0.5) is 4.79 Å². The van der Waals surface area contributed by atoms with Crippen LogP contribution in [0.25, 0.3) is 0 Å². The molecular formula is C14H25N3O3. The number of carbonyl (C=O) groups is 2. The molecule has 2 aliphatic rings. The molecular weight excluding hydrogens is 258 g/mol. The van der Waals surface area contributed by atoms with E-state index in [1.54, 1.807) is 0 Å². The molecule has 2 rings (SSSR count). The summed E-state index contributed by atoms with van der Waals surface area (Å²) in [6.07, 6.45) is 3.14. The monoisotopic (exact) mass is 283 g/mol. The summed E-state index contributed by atoms with van der Waals surface area (Å²) in [5.41, 5.74) is 0. The molecule has 0 spiro atoms. The lowest BCUT2D eigenvalue weighted by molar-refractivity contribution is -0.138. The maximum Gasteiger partial charge on any atom is 0.320 e. The molecule has 0 bridgehead atoms.